The van der Waals surface area contributed by atoms with E-state index in [4.69, 9.17) is 14.6 Å². The van der Waals surface area contributed by atoms with Crippen molar-refractivity contribution in [3.63, 3.8) is 0 Å². The molecule has 2 rings (SSSR count). The number of aliphatic carboxylic acids is 1. The Morgan fingerprint density at radius 1 is 1.19 bits per heavy atom. The summed E-state index contributed by atoms with van der Waals surface area (Å²) < 4.78 is 9.62. The fraction of sp³-hybridized carbons (Fsp3) is 0.417. The number of hydrogen-bond donors (Lipinski definition) is 4. The number of carbonyl (C=O) groups excluding carboxylic acids is 1. The molecule has 0 radical (unpaired) electrons. The van der Waals surface area contributed by atoms with Crippen molar-refractivity contribution in [2.24, 2.45) is 0 Å². The van der Waals surface area contributed by atoms with Crippen molar-refractivity contribution < 1.29 is 39.5 Å². The largest absolute Gasteiger partial charge is 0.479 e. The fourth-order valence-electron chi connectivity index (χ4n) is 1.81. The van der Waals surface area contributed by atoms with E-state index in [2.05, 4.69) is 4.98 Å². The minimum atomic E-state index is -1.84. The van der Waals surface area contributed by atoms with Gasteiger partial charge in [0.2, 0.25) is 6.29 Å². The van der Waals surface area contributed by atoms with Crippen LogP contribution < -0.4 is 0 Å². The van der Waals surface area contributed by atoms with E-state index in [1.165, 1.54) is 24.5 Å². The number of aromatic nitrogens is 1. The summed E-state index contributed by atoms with van der Waals surface area (Å²) in [7, 11) is 0. The van der Waals surface area contributed by atoms with Gasteiger partial charge < -0.3 is 29.9 Å². The predicted molar refractivity (Wildman–Crippen MR) is 64.0 cm³/mol. The van der Waals surface area contributed by atoms with Crippen molar-refractivity contribution in [1.82, 2.24) is 4.98 Å². The molecule has 0 saturated carbocycles. The molecule has 0 aromatic carbocycles. The van der Waals surface area contributed by atoms with Gasteiger partial charge in [-0.25, -0.2) is 9.59 Å². The molecule has 9 nitrogen and oxygen atoms in total. The molecule has 0 spiro atoms. The molecular formula is C12H13NO8. The standard InChI is InChI=1S/C12H13NO8/c14-6-7(15)9(10(17)18)20-12(8(6)16)21-11(19)5-2-1-3-13-4-5/h1-4,6-9,12,14-16H,(H,17,18)/t6-,7-,8-,9+,12-/m1/s1. The SMILES string of the molecule is O=C(O[C@H]1O[C@H](C(=O)O)[C@H](O)[C@@H](O)[C@H]1O)c1cccnc1. The first-order valence-corrected chi connectivity index (χ1v) is 5.95. The molecule has 0 bridgehead atoms. The van der Waals surface area contributed by atoms with Crippen LogP contribution in [0.15, 0.2) is 24.5 Å². The third kappa shape index (κ3) is 3.16. The smallest absolute Gasteiger partial charge is 0.342 e. The van der Waals surface area contributed by atoms with Gasteiger partial charge in [-0.3, -0.25) is 4.98 Å². The van der Waals surface area contributed by atoms with Gasteiger partial charge in [0.25, 0.3) is 0 Å². The summed E-state index contributed by atoms with van der Waals surface area (Å²) >= 11 is 0. The third-order valence-electron chi connectivity index (χ3n) is 2.93. The number of carbonyl (C=O) groups is 2. The Labute approximate surface area is 118 Å². The molecule has 0 unspecified atom stereocenters. The van der Waals surface area contributed by atoms with E-state index in [1.807, 2.05) is 0 Å². The Morgan fingerprint density at radius 2 is 1.90 bits per heavy atom. The predicted octanol–water partition coefficient (Wildman–Crippen LogP) is -1.87. The van der Waals surface area contributed by atoms with Crippen molar-refractivity contribution in [1.29, 1.82) is 0 Å². The summed E-state index contributed by atoms with van der Waals surface area (Å²) in [5, 5.41) is 37.6. The molecule has 0 aliphatic carbocycles. The van der Waals surface area contributed by atoms with Gasteiger partial charge in [0, 0.05) is 12.4 Å². The molecule has 1 fully saturated rings. The zero-order chi connectivity index (χ0) is 15.6. The highest BCUT2D eigenvalue weighted by atomic mass is 16.7. The van der Waals surface area contributed by atoms with Gasteiger partial charge in [-0.1, -0.05) is 0 Å². The highest BCUT2D eigenvalue weighted by Gasteiger charge is 2.48. The number of aliphatic hydroxyl groups excluding tert-OH is 3. The Morgan fingerprint density at radius 3 is 2.48 bits per heavy atom. The number of nitrogens with zero attached hydrogens (tertiary/aromatic N) is 1. The monoisotopic (exact) mass is 299 g/mol. The molecule has 5 atom stereocenters. The van der Waals surface area contributed by atoms with E-state index in [1.54, 1.807) is 0 Å². The van der Waals surface area contributed by atoms with Crippen LogP contribution in [0, 0.1) is 0 Å². The summed E-state index contributed by atoms with van der Waals surface area (Å²) in [6.07, 6.45) is -6.36. The Hall–Kier alpha value is -2.07. The maximum Gasteiger partial charge on any atom is 0.342 e. The van der Waals surface area contributed by atoms with Crippen LogP contribution >= 0.6 is 0 Å². The van der Waals surface area contributed by atoms with Crippen LogP contribution in [0.4, 0.5) is 0 Å². The lowest BCUT2D eigenvalue weighted by Gasteiger charge is -2.37. The molecule has 1 aromatic heterocycles. The molecule has 1 aromatic rings. The second kappa shape index (κ2) is 6.14. The Kier molecular flexibility index (Phi) is 4.48. The van der Waals surface area contributed by atoms with E-state index >= 15 is 0 Å². The van der Waals surface area contributed by atoms with Crippen LogP contribution in [0.5, 0.6) is 0 Å². The number of carboxylic acid groups (broad SMARTS) is 1. The first-order valence-electron chi connectivity index (χ1n) is 5.95. The van der Waals surface area contributed by atoms with Gasteiger partial charge in [-0.05, 0) is 12.1 Å². The minimum absolute atomic E-state index is 0.0563. The highest BCUT2D eigenvalue weighted by Crippen LogP contribution is 2.23. The zero-order valence-corrected chi connectivity index (χ0v) is 10.6. The number of pyridine rings is 1. The molecule has 9 heteroatoms. The van der Waals surface area contributed by atoms with E-state index < -0.39 is 42.6 Å². The minimum Gasteiger partial charge on any atom is -0.479 e. The van der Waals surface area contributed by atoms with Crippen molar-refractivity contribution >= 4 is 11.9 Å². The third-order valence-corrected chi connectivity index (χ3v) is 2.93. The first-order chi connectivity index (χ1) is 9.91. The lowest BCUT2D eigenvalue weighted by molar-refractivity contribution is -0.278. The maximum absolute atomic E-state index is 11.8. The lowest BCUT2D eigenvalue weighted by atomic mass is 9.99. The topological polar surface area (TPSA) is 146 Å². The van der Waals surface area contributed by atoms with Crippen LogP contribution in [-0.2, 0) is 14.3 Å². The van der Waals surface area contributed by atoms with Crippen LogP contribution in [0.2, 0.25) is 0 Å². The molecule has 4 N–H and O–H groups in total. The van der Waals surface area contributed by atoms with E-state index in [9.17, 15) is 24.9 Å². The second-order valence-corrected chi connectivity index (χ2v) is 4.38. The molecular weight excluding hydrogens is 286 g/mol. The van der Waals surface area contributed by atoms with Gasteiger partial charge >= 0.3 is 11.9 Å². The summed E-state index contributed by atoms with van der Waals surface area (Å²) in [5.41, 5.74) is 0.0563. The molecule has 1 aliphatic heterocycles. The summed E-state index contributed by atoms with van der Waals surface area (Å²) in [4.78, 5) is 26.4. The van der Waals surface area contributed by atoms with Gasteiger partial charge in [0.15, 0.2) is 6.10 Å². The lowest BCUT2D eigenvalue weighted by Crippen LogP contribution is -2.60. The van der Waals surface area contributed by atoms with Crippen LogP contribution in [-0.4, -0.2) is 68.1 Å². The zero-order valence-electron chi connectivity index (χ0n) is 10.6. The van der Waals surface area contributed by atoms with Crippen molar-refractivity contribution in [3.05, 3.63) is 30.1 Å². The van der Waals surface area contributed by atoms with E-state index in [0.717, 1.165) is 0 Å². The van der Waals surface area contributed by atoms with Gasteiger partial charge in [-0.2, -0.15) is 0 Å². The molecule has 21 heavy (non-hydrogen) atoms. The van der Waals surface area contributed by atoms with Gasteiger partial charge in [0.05, 0.1) is 5.56 Å². The number of hydrogen-bond acceptors (Lipinski definition) is 8. The number of aliphatic hydroxyl groups is 3. The summed E-state index contributed by atoms with van der Waals surface area (Å²) in [6, 6.07) is 2.87. The second-order valence-electron chi connectivity index (χ2n) is 4.38. The number of ether oxygens (including phenoxy) is 2. The summed E-state index contributed by atoms with van der Waals surface area (Å²) in [5.74, 6) is -2.48. The van der Waals surface area contributed by atoms with Gasteiger partial charge in [0.1, 0.15) is 18.3 Å². The quantitative estimate of drug-likeness (QED) is 0.471. The van der Waals surface area contributed by atoms with Gasteiger partial charge in [-0.15, -0.1) is 0 Å². The fourth-order valence-corrected chi connectivity index (χ4v) is 1.81. The van der Waals surface area contributed by atoms with Crippen LogP contribution in [0.1, 0.15) is 10.4 Å². The first kappa shape index (κ1) is 15.3. The molecule has 114 valence electrons. The molecule has 1 aliphatic rings. The van der Waals surface area contributed by atoms with Crippen LogP contribution in [0.3, 0.4) is 0 Å². The molecule has 1 saturated heterocycles. The normalized spacial score (nSPS) is 32.4. The molecule has 0 amide bonds. The average Bonchev–Trinajstić information content (AvgIpc) is 2.48. The maximum atomic E-state index is 11.8. The number of carboxylic acids is 1. The number of esters is 1. The van der Waals surface area contributed by atoms with Crippen molar-refractivity contribution in [3.8, 4) is 0 Å². The average molecular weight is 299 g/mol. The Balaban J connectivity index is 2.11. The van der Waals surface area contributed by atoms with Crippen LogP contribution in [0.25, 0.3) is 0 Å². The van der Waals surface area contributed by atoms with E-state index in [-0.39, 0.29) is 5.56 Å². The Bertz CT molecular complexity index is 521. The van der Waals surface area contributed by atoms with E-state index in [0.29, 0.717) is 0 Å². The number of rotatable bonds is 3. The van der Waals surface area contributed by atoms with Crippen molar-refractivity contribution in [2.75, 3.05) is 0 Å². The van der Waals surface area contributed by atoms with Crippen molar-refractivity contribution in [2.45, 2.75) is 30.7 Å². The highest BCUT2D eigenvalue weighted by molar-refractivity contribution is 5.89. The molecule has 2 heterocycles. The summed E-state index contributed by atoms with van der Waals surface area (Å²) in [6.45, 7) is 0.